The SMILES string of the molecule is Brc1ccc(-c2cc(Br)c(OCc3ccccc3)c(Br)c2)cc1. The van der Waals surface area contributed by atoms with Gasteiger partial charge in [-0.05, 0) is 72.8 Å². The van der Waals surface area contributed by atoms with E-state index in [9.17, 15) is 0 Å². The molecule has 0 aliphatic rings. The zero-order chi connectivity index (χ0) is 16.2. The van der Waals surface area contributed by atoms with Crippen molar-refractivity contribution in [2.24, 2.45) is 0 Å². The Bertz CT molecular complexity index is 776. The predicted molar refractivity (Wildman–Crippen MR) is 106 cm³/mol. The van der Waals surface area contributed by atoms with Crippen molar-refractivity contribution in [1.29, 1.82) is 0 Å². The maximum absolute atomic E-state index is 5.96. The van der Waals surface area contributed by atoms with Crippen LogP contribution in [0.25, 0.3) is 11.1 Å². The predicted octanol–water partition coefficient (Wildman–Crippen LogP) is 7.22. The number of hydrogen-bond acceptors (Lipinski definition) is 1. The van der Waals surface area contributed by atoms with E-state index in [0.29, 0.717) is 6.61 Å². The average Bonchev–Trinajstić information content (AvgIpc) is 2.55. The van der Waals surface area contributed by atoms with E-state index in [1.54, 1.807) is 0 Å². The Kier molecular flexibility index (Phi) is 5.57. The first kappa shape index (κ1) is 16.7. The highest BCUT2D eigenvalue weighted by atomic mass is 79.9. The van der Waals surface area contributed by atoms with Crippen molar-refractivity contribution in [3.05, 3.63) is 85.7 Å². The van der Waals surface area contributed by atoms with E-state index in [2.05, 4.69) is 84.2 Å². The standard InChI is InChI=1S/C19H13Br3O/c20-16-8-6-14(7-9-16)15-10-17(21)19(18(22)11-15)23-12-13-4-2-1-3-5-13/h1-11H,12H2. The maximum atomic E-state index is 5.96. The molecule has 0 aliphatic heterocycles. The van der Waals surface area contributed by atoms with E-state index in [4.69, 9.17) is 4.74 Å². The fourth-order valence-corrected chi connectivity index (χ4v) is 3.92. The lowest BCUT2D eigenvalue weighted by molar-refractivity contribution is 0.302. The second kappa shape index (κ2) is 7.65. The van der Waals surface area contributed by atoms with Gasteiger partial charge in [-0.2, -0.15) is 0 Å². The van der Waals surface area contributed by atoms with Gasteiger partial charge in [-0.15, -0.1) is 0 Å². The highest BCUT2D eigenvalue weighted by Gasteiger charge is 2.10. The highest BCUT2D eigenvalue weighted by Crippen LogP contribution is 2.38. The average molecular weight is 497 g/mol. The summed E-state index contributed by atoms with van der Waals surface area (Å²) in [6.07, 6.45) is 0. The van der Waals surface area contributed by atoms with Crippen LogP contribution < -0.4 is 4.74 Å². The quantitative estimate of drug-likeness (QED) is 0.370. The minimum Gasteiger partial charge on any atom is -0.487 e. The van der Waals surface area contributed by atoms with Crippen LogP contribution in [-0.4, -0.2) is 0 Å². The van der Waals surface area contributed by atoms with Gasteiger partial charge >= 0.3 is 0 Å². The monoisotopic (exact) mass is 494 g/mol. The van der Waals surface area contributed by atoms with Gasteiger partial charge in [0.15, 0.2) is 0 Å². The van der Waals surface area contributed by atoms with Crippen LogP contribution in [0.1, 0.15) is 5.56 Å². The Morgan fingerprint density at radius 3 is 1.91 bits per heavy atom. The van der Waals surface area contributed by atoms with Gasteiger partial charge in [0.25, 0.3) is 0 Å². The Hall–Kier alpha value is -1.10. The summed E-state index contributed by atoms with van der Waals surface area (Å²) in [5.41, 5.74) is 3.43. The summed E-state index contributed by atoms with van der Waals surface area (Å²) in [5.74, 6) is 0.815. The third-order valence-corrected chi connectivity index (χ3v) is 5.11. The van der Waals surface area contributed by atoms with Crippen LogP contribution in [-0.2, 0) is 6.61 Å². The van der Waals surface area contributed by atoms with E-state index in [-0.39, 0.29) is 0 Å². The molecule has 0 atom stereocenters. The van der Waals surface area contributed by atoms with Gasteiger partial charge in [-0.1, -0.05) is 58.4 Å². The second-order valence-electron chi connectivity index (χ2n) is 5.05. The van der Waals surface area contributed by atoms with E-state index in [1.807, 2.05) is 30.3 Å². The smallest absolute Gasteiger partial charge is 0.148 e. The molecule has 0 saturated heterocycles. The van der Waals surface area contributed by atoms with Crippen LogP contribution in [0, 0.1) is 0 Å². The fraction of sp³-hybridized carbons (Fsp3) is 0.0526. The summed E-state index contributed by atoms with van der Waals surface area (Å²) in [5, 5.41) is 0. The van der Waals surface area contributed by atoms with Crippen molar-refractivity contribution in [3.63, 3.8) is 0 Å². The normalized spacial score (nSPS) is 10.6. The Morgan fingerprint density at radius 2 is 1.30 bits per heavy atom. The summed E-state index contributed by atoms with van der Waals surface area (Å²) in [6, 6.07) is 22.5. The minimum atomic E-state index is 0.537. The molecule has 116 valence electrons. The molecule has 23 heavy (non-hydrogen) atoms. The number of halogens is 3. The maximum Gasteiger partial charge on any atom is 0.148 e. The Labute approximate surface area is 161 Å². The fourth-order valence-electron chi connectivity index (χ4n) is 2.24. The number of benzene rings is 3. The molecule has 0 radical (unpaired) electrons. The summed E-state index contributed by atoms with van der Waals surface area (Å²) in [6.45, 7) is 0.537. The molecule has 4 heteroatoms. The lowest BCUT2D eigenvalue weighted by Crippen LogP contribution is -1.97. The van der Waals surface area contributed by atoms with Gasteiger partial charge in [0, 0.05) is 4.47 Å². The minimum absolute atomic E-state index is 0.537. The highest BCUT2D eigenvalue weighted by molar-refractivity contribution is 9.11. The number of rotatable bonds is 4. The van der Waals surface area contributed by atoms with Crippen molar-refractivity contribution >= 4 is 47.8 Å². The first-order valence-electron chi connectivity index (χ1n) is 7.05. The van der Waals surface area contributed by atoms with Crippen LogP contribution >= 0.6 is 47.8 Å². The molecule has 0 aliphatic carbocycles. The van der Waals surface area contributed by atoms with Crippen LogP contribution in [0.4, 0.5) is 0 Å². The van der Waals surface area contributed by atoms with Crippen LogP contribution in [0.15, 0.2) is 80.1 Å². The molecule has 3 aromatic rings. The summed E-state index contributed by atoms with van der Waals surface area (Å²) >= 11 is 10.7. The summed E-state index contributed by atoms with van der Waals surface area (Å²) in [7, 11) is 0. The first-order chi connectivity index (χ1) is 11.1. The molecule has 0 spiro atoms. The van der Waals surface area contributed by atoms with E-state index < -0.39 is 0 Å². The van der Waals surface area contributed by atoms with Gasteiger partial charge in [-0.25, -0.2) is 0 Å². The first-order valence-corrected chi connectivity index (χ1v) is 9.43. The molecule has 0 heterocycles. The van der Waals surface area contributed by atoms with Crippen molar-refractivity contribution in [1.82, 2.24) is 0 Å². The van der Waals surface area contributed by atoms with Crippen molar-refractivity contribution in [3.8, 4) is 16.9 Å². The van der Waals surface area contributed by atoms with E-state index >= 15 is 0 Å². The number of hydrogen-bond donors (Lipinski definition) is 0. The molecule has 0 bridgehead atoms. The van der Waals surface area contributed by atoms with Crippen LogP contribution in [0.5, 0.6) is 5.75 Å². The van der Waals surface area contributed by atoms with E-state index in [0.717, 1.165) is 35.9 Å². The molecule has 0 unspecified atom stereocenters. The van der Waals surface area contributed by atoms with Crippen LogP contribution in [0.3, 0.4) is 0 Å². The molecule has 3 rings (SSSR count). The van der Waals surface area contributed by atoms with E-state index in [1.165, 1.54) is 0 Å². The molecule has 1 nitrogen and oxygen atoms in total. The Morgan fingerprint density at radius 1 is 0.696 bits per heavy atom. The molecule has 3 aromatic carbocycles. The topological polar surface area (TPSA) is 9.23 Å². The molecular weight excluding hydrogens is 484 g/mol. The van der Waals surface area contributed by atoms with Crippen molar-refractivity contribution < 1.29 is 4.74 Å². The molecule has 0 fully saturated rings. The molecule has 0 saturated carbocycles. The molecule has 0 aromatic heterocycles. The lowest BCUT2D eigenvalue weighted by Gasteiger charge is -2.13. The molecule has 0 N–H and O–H groups in total. The summed E-state index contributed by atoms with van der Waals surface area (Å²) in [4.78, 5) is 0. The molecule has 0 amide bonds. The van der Waals surface area contributed by atoms with Crippen LogP contribution in [0.2, 0.25) is 0 Å². The third kappa shape index (κ3) is 4.25. The van der Waals surface area contributed by atoms with Gasteiger partial charge in [0.05, 0.1) is 8.95 Å². The third-order valence-electron chi connectivity index (χ3n) is 3.40. The molecular formula is C19H13Br3O. The van der Waals surface area contributed by atoms with Gasteiger partial charge in [0.2, 0.25) is 0 Å². The van der Waals surface area contributed by atoms with Crippen molar-refractivity contribution in [2.75, 3.05) is 0 Å². The van der Waals surface area contributed by atoms with Crippen molar-refractivity contribution in [2.45, 2.75) is 6.61 Å². The van der Waals surface area contributed by atoms with Gasteiger partial charge < -0.3 is 4.74 Å². The second-order valence-corrected chi connectivity index (χ2v) is 7.67. The zero-order valence-electron chi connectivity index (χ0n) is 12.1. The number of ether oxygens (including phenoxy) is 1. The van der Waals surface area contributed by atoms with Gasteiger partial charge in [-0.3, -0.25) is 0 Å². The lowest BCUT2D eigenvalue weighted by atomic mass is 10.1. The van der Waals surface area contributed by atoms with Gasteiger partial charge in [0.1, 0.15) is 12.4 Å². The Balaban J connectivity index is 1.84. The summed E-state index contributed by atoms with van der Waals surface area (Å²) < 4.78 is 8.90. The zero-order valence-corrected chi connectivity index (χ0v) is 16.9. The largest absolute Gasteiger partial charge is 0.487 e.